The van der Waals surface area contributed by atoms with E-state index in [1.165, 1.54) is 0 Å². The van der Waals surface area contributed by atoms with Gasteiger partial charge < -0.3 is 4.57 Å². The van der Waals surface area contributed by atoms with Gasteiger partial charge in [-0.3, -0.25) is 0 Å². The summed E-state index contributed by atoms with van der Waals surface area (Å²) in [5.74, 6) is 0.552. The van der Waals surface area contributed by atoms with E-state index in [2.05, 4.69) is 23.4 Å². The molecule has 0 saturated heterocycles. The van der Waals surface area contributed by atoms with Crippen molar-refractivity contribution in [2.24, 2.45) is 0 Å². The molecular weight excluding hydrogens is 172 g/mol. The predicted octanol–water partition coefficient (Wildman–Crippen LogP) is 2.98. The highest BCUT2D eigenvalue weighted by Gasteiger charge is 2.08. The van der Waals surface area contributed by atoms with Gasteiger partial charge in [0.05, 0.1) is 17.9 Å². The zero-order valence-corrected chi connectivity index (χ0v) is 8.38. The fourth-order valence-electron chi connectivity index (χ4n) is 1.45. The molecule has 0 bridgehead atoms. The molecule has 0 aromatic carbocycles. The summed E-state index contributed by atoms with van der Waals surface area (Å²) >= 11 is 5.77. The van der Waals surface area contributed by atoms with Crippen molar-refractivity contribution in [1.82, 2.24) is 9.55 Å². The van der Waals surface area contributed by atoms with Crippen LogP contribution < -0.4 is 0 Å². The SMILES string of the molecule is CCC(CC)n1cncc1CCl. The van der Waals surface area contributed by atoms with E-state index in [1.54, 1.807) is 0 Å². The summed E-state index contributed by atoms with van der Waals surface area (Å²) in [7, 11) is 0. The summed E-state index contributed by atoms with van der Waals surface area (Å²) in [4.78, 5) is 4.09. The minimum absolute atomic E-state index is 0.552. The average molecular weight is 187 g/mol. The topological polar surface area (TPSA) is 17.8 Å². The molecule has 68 valence electrons. The van der Waals surface area contributed by atoms with Gasteiger partial charge >= 0.3 is 0 Å². The van der Waals surface area contributed by atoms with Gasteiger partial charge in [-0.25, -0.2) is 4.98 Å². The van der Waals surface area contributed by atoms with Crippen molar-refractivity contribution in [1.29, 1.82) is 0 Å². The highest BCUT2D eigenvalue weighted by atomic mass is 35.5. The Morgan fingerprint density at radius 3 is 2.67 bits per heavy atom. The van der Waals surface area contributed by atoms with Gasteiger partial charge in [0.2, 0.25) is 0 Å². The van der Waals surface area contributed by atoms with Gasteiger partial charge in [0.1, 0.15) is 0 Å². The quantitative estimate of drug-likeness (QED) is 0.662. The van der Waals surface area contributed by atoms with Crippen molar-refractivity contribution in [2.45, 2.75) is 38.6 Å². The summed E-state index contributed by atoms with van der Waals surface area (Å²) in [5, 5.41) is 0. The van der Waals surface area contributed by atoms with Gasteiger partial charge in [0, 0.05) is 12.2 Å². The smallest absolute Gasteiger partial charge is 0.0951 e. The first-order chi connectivity index (χ1) is 5.83. The Balaban J connectivity index is 2.83. The standard InChI is InChI=1S/C9H15ClN2/c1-3-8(4-2)12-7-11-6-9(12)5-10/h6-8H,3-5H2,1-2H3. The van der Waals surface area contributed by atoms with Crippen LogP contribution in [-0.4, -0.2) is 9.55 Å². The molecule has 1 heterocycles. The summed E-state index contributed by atoms with van der Waals surface area (Å²) in [6.45, 7) is 4.37. The number of rotatable bonds is 4. The molecule has 1 rings (SSSR count). The van der Waals surface area contributed by atoms with Crippen LogP contribution in [0.1, 0.15) is 38.4 Å². The number of hydrogen-bond donors (Lipinski definition) is 0. The van der Waals surface area contributed by atoms with E-state index in [9.17, 15) is 0 Å². The number of nitrogens with zero attached hydrogens (tertiary/aromatic N) is 2. The molecule has 0 saturated carbocycles. The molecule has 0 spiro atoms. The van der Waals surface area contributed by atoms with E-state index < -0.39 is 0 Å². The van der Waals surface area contributed by atoms with Crippen LogP contribution in [0.15, 0.2) is 12.5 Å². The molecule has 0 fully saturated rings. The fraction of sp³-hybridized carbons (Fsp3) is 0.667. The number of aromatic nitrogens is 2. The Hall–Kier alpha value is -0.500. The first-order valence-corrected chi connectivity index (χ1v) is 4.93. The zero-order chi connectivity index (χ0) is 8.97. The number of alkyl halides is 1. The molecule has 1 aromatic heterocycles. The second kappa shape index (κ2) is 4.51. The van der Waals surface area contributed by atoms with E-state index >= 15 is 0 Å². The van der Waals surface area contributed by atoms with Crippen LogP contribution in [0.3, 0.4) is 0 Å². The lowest BCUT2D eigenvalue weighted by atomic mass is 10.1. The second-order valence-corrected chi connectivity index (χ2v) is 3.16. The molecule has 0 aliphatic rings. The van der Waals surface area contributed by atoms with Crippen LogP contribution in [0.2, 0.25) is 0 Å². The van der Waals surface area contributed by atoms with Gasteiger partial charge in [-0.1, -0.05) is 13.8 Å². The minimum atomic E-state index is 0.552. The lowest BCUT2D eigenvalue weighted by molar-refractivity contribution is 0.462. The van der Waals surface area contributed by atoms with E-state index in [0.29, 0.717) is 11.9 Å². The summed E-state index contributed by atoms with van der Waals surface area (Å²) in [6, 6.07) is 0.557. The summed E-state index contributed by atoms with van der Waals surface area (Å²) in [5.41, 5.74) is 1.12. The Labute approximate surface area is 78.6 Å². The van der Waals surface area contributed by atoms with Gasteiger partial charge in [-0.05, 0) is 12.8 Å². The molecule has 0 aliphatic carbocycles. The van der Waals surface area contributed by atoms with Crippen molar-refractivity contribution in [3.8, 4) is 0 Å². The predicted molar refractivity (Wildman–Crippen MR) is 51.4 cm³/mol. The van der Waals surface area contributed by atoms with Crippen molar-refractivity contribution in [3.05, 3.63) is 18.2 Å². The van der Waals surface area contributed by atoms with Gasteiger partial charge in [-0.15, -0.1) is 11.6 Å². The highest BCUT2D eigenvalue weighted by molar-refractivity contribution is 6.16. The Kier molecular flexibility index (Phi) is 3.60. The van der Waals surface area contributed by atoms with E-state index in [0.717, 1.165) is 18.5 Å². The molecule has 3 heteroatoms. The lowest BCUT2D eigenvalue weighted by Gasteiger charge is -2.16. The normalized spacial score (nSPS) is 11.0. The summed E-state index contributed by atoms with van der Waals surface area (Å²) in [6.07, 6.45) is 5.98. The largest absolute Gasteiger partial charge is 0.330 e. The third-order valence-electron chi connectivity index (χ3n) is 2.22. The lowest BCUT2D eigenvalue weighted by Crippen LogP contribution is -2.08. The van der Waals surface area contributed by atoms with E-state index in [1.807, 2.05) is 12.5 Å². The molecule has 1 aromatic rings. The minimum Gasteiger partial charge on any atom is -0.330 e. The molecule has 0 atom stereocenters. The van der Waals surface area contributed by atoms with Crippen molar-refractivity contribution in [3.63, 3.8) is 0 Å². The third kappa shape index (κ3) is 1.81. The highest BCUT2D eigenvalue weighted by Crippen LogP contribution is 2.18. The Morgan fingerprint density at radius 1 is 1.50 bits per heavy atom. The third-order valence-corrected chi connectivity index (χ3v) is 2.49. The maximum Gasteiger partial charge on any atom is 0.0951 e. The summed E-state index contributed by atoms with van der Waals surface area (Å²) < 4.78 is 2.17. The Bertz CT molecular complexity index is 228. The molecule has 0 unspecified atom stereocenters. The van der Waals surface area contributed by atoms with Crippen LogP contribution in [0.5, 0.6) is 0 Å². The molecule has 0 amide bonds. The zero-order valence-electron chi connectivity index (χ0n) is 7.63. The van der Waals surface area contributed by atoms with Crippen LogP contribution >= 0.6 is 11.6 Å². The second-order valence-electron chi connectivity index (χ2n) is 2.90. The molecule has 0 radical (unpaired) electrons. The van der Waals surface area contributed by atoms with Crippen molar-refractivity contribution in [2.75, 3.05) is 0 Å². The first-order valence-electron chi connectivity index (χ1n) is 4.40. The van der Waals surface area contributed by atoms with Crippen LogP contribution in [-0.2, 0) is 5.88 Å². The van der Waals surface area contributed by atoms with Gasteiger partial charge in [0.25, 0.3) is 0 Å². The van der Waals surface area contributed by atoms with Gasteiger partial charge in [0.15, 0.2) is 0 Å². The van der Waals surface area contributed by atoms with Crippen LogP contribution in [0.25, 0.3) is 0 Å². The van der Waals surface area contributed by atoms with Gasteiger partial charge in [-0.2, -0.15) is 0 Å². The van der Waals surface area contributed by atoms with Crippen molar-refractivity contribution < 1.29 is 0 Å². The molecule has 2 nitrogen and oxygen atoms in total. The average Bonchev–Trinajstić information content (AvgIpc) is 2.55. The molecule has 0 N–H and O–H groups in total. The monoisotopic (exact) mass is 186 g/mol. The van der Waals surface area contributed by atoms with E-state index in [-0.39, 0.29) is 0 Å². The van der Waals surface area contributed by atoms with Crippen molar-refractivity contribution >= 4 is 11.6 Å². The molecular formula is C9H15ClN2. The number of hydrogen-bond acceptors (Lipinski definition) is 1. The molecule has 0 aliphatic heterocycles. The van der Waals surface area contributed by atoms with Crippen LogP contribution in [0.4, 0.5) is 0 Å². The van der Waals surface area contributed by atoms with Crippen LogP contribution in [0, 0.1) is 0 Å². The fourth-order valence-corrected chi connectivity index (χ4v) is 1.65. The Morgan fingerprint density at radius 2 is 2.17 bits per heavy atom. The van der Waals surface area contributed by atoms with E-state index in [4.69, 9.17) is 11.6 Å². The maximum atomic E-state index is 5.77. The maximum absolute atomic E-state index is 5.77. The molecule has 12 heavy (non-hydrogen) atoms. The number of halogens is 1. The first kappa shape index (κ1) is 9.59. The number of imidazole rings is 1.